The molecule has 2 nitrogen and oxygen atoms in total. The first-order valence-electron chi connectivity index (χ1n) is 8.77. The van der Waals surface area contributed by atoms with Gasteiger partial charge >= 0.3 is 5.97 Å². The van der Waals surface area contributed by atoms with E-state index in [0.29, 0.717) is 5.92 Å². The van der Waals surface area contributed by atoms with Crippen LogP contribution in [0.1, 0.15) is 60.8 Å². The molecule has 2 aliphatic rings. The molecular formula is C22H22O2. The van der Waals surface area contributed by atoms with Gasteiger partial charge in [0, 0.05) is 12.3 Å². The quantitative estimate of drug-likeness (QED) is 0.811. The van der Waals surface area contributed by atoms with Crippen molar-refractivity contribution < 1.29 is 9.90 Å². The number of hydrogen-bond acceptors (Lipinski definition) is 1. The van der Waals surface area contributed by atoms with Crippen molar-refractivity contribution in [2.45, 2.75) is 38.5 Å². The Balaban J connectivity index is 1.90. The van der Waals surface area contributed by atoms with Gasteiger partial charge in [0.05, 0.1) is 0 Å². The summed E-state index contributed by atoms with van der Waals surface area (Å²) in [5, 5.41) is 9.20. The zero-order valence-corrected chi connectivity index (χ0v) is 14.0. The molecule has 1 N–H and O–H groups in total. The van der Waals surface area contributed by atoms with Crippen LogP contribution >= 0.6 is 0 Å². The van der Waals surface area contributed by atoms with Crippen LogP contribution in [0.2, 0.25) is 0 Å². The van der Waals surface area contributed by atoms with Crippen molar-refractivity contribution in [3.05, 3.63) is 70.8 Å². The molecule has 0 spiro atoms. The van der Waals surface area contributed by atoms with Crippen molar-refractivity contribution in [1.82, 2.24) is 0 Å². The summed E-state index contributed by atoms with van der Waals surface area (Å²) in [6, 6.07) is 17.4. The number of carbonyl (C=O) groups is 1. The van der Waals surface area contributed by atoms with E-state index in [9.17, 15) is 9.90 Å². The van der Waals surface area contributed by atoms with E-state index in [4.69, 9.17) is 0 Å². The SMILES string of the molecule is CC1c2ccccc2C2=C(CC(CC(=O)O)CC2)c2ccccc21. The minimum absolute atomic E-state index is 0.245. The third kappa shape index (κ3) is 2.47. The summed E-state index contributed by atoms with van der Waals surface area (Å²) >= 11 is 0. The Morgan fingerprint density at radius 2 is 1.58 bits per heavy atom. The maximum atomic E-state index is 11.2. The normalized spacial score (nSPS) is 22.2. The average molecular weight is 318 g/mol. The van der Waals surface area contributed by atoms with Gasteiger partial charge in [-0.15, -0.1) is 0 Å². The lowest BCUT2D eigenvalue weighted by atomic mass is 9.77. The number of benzene rings is 2. The highest BCUT2D eigenvalue weighted by Crippen LogP contribution is 2.48. The molecule has 24 heavy (non-hydrogen) atoms. The summed E-state index contributed by atoms with van der Waals surface area (Å²) in [6.07, 6.45) is 3.09. The molecule has 0 fully saturated rings. The molecule has 0 aliphatic heterocycles. The van der Waals surface area contributed by atoms with Crippen LogP contribution in [-0.2, 0) is 4.79 Å². The van der Waals surface area contributed by atoms with E-state index < -0.39 is 5.97 Å². The van der Waals surface area contributed by atoms with Gasteiger partial charge in [0.1, 0.15) is 0 Å². The Hall–Kier alpha value is -2.35. The van der Waals surface area contributed by atoms with Gasteiger partial charge in [-0.1, -0.05) is 55.5 Å². The standard InChI is InChI=1S/C22H22O2/c1-14-16-6-2-4-8-18(16)20-11-10-15(13-22(23)24)12-21(20)19-9-5-3-7-17(14)19/h2-9,14-15H,10-13H2,1H3,(H,23,24). The molecule has 2 heteroatoms. The smallest absolute Gasteiger partial charge is 0.303 e. The summed E-state index contributed by atoms with van der Waals surface area (Å²) < 4.78 is 0. The number of hydrogen-bond donors (Lipinski definition) is 1. The Kier molecular flexibility index (Phi) is 3.76. The molecule has 0 aromatic heterocycles. The van der Waals surface area contributed by atoms with E-state index in [0.717, 1.165) is 19.3 Å². The van der Waals surface area contributed by atoms with Crippen LogP contribution in [0.4, 0.5) is 0 Å². The van der Waals surface area contributed by atoms with E-state index in [2.05, 4.69) is 55.5 Å². The molecular weight excluding hydrogens is 296 g/mol. The fourth-order valence-electron chi connectivity index (χ4n) is 4.47. The molecule has 2 aromatic carbocycles. The molecule has 0 saturated carbocycles. The second kappa shape index (κ2) is 5.94. The summed E-state index contributed by atoms with van der Waals surface area (Å²) in [6.45, 7) is 2.28. The van der Waals surface area contributed by atoms with Gasteiger partial charge in [0.25, 0.3) is 0 Å². The Bertz CT molecular complexity index is 831. The molecule has 2 unspecified atom stereocenters. The molecule has 0 bridgehead atoms. The summed E-state index contributed by atoms with van der Waals surface area (Å²) in [5.41, 5.74) is 8.26. The number of carboxylic acids is 1. The van der Waals surface area contributed by atoms with Crippen molar-refractivity contribution in [2.24, 2.45) is 5.92 Å². The maximum Gasteiger partial charge on any atom is 0.303 e. The number of rotatable bonds is 2. The minimum Gasteiger partial charge on any atom is -0.481 e. The van der Waals surface area contributed by atoms with E-state index in [1.807, 2.05) is 0 Å². The highest BCUT2D eigenvalue weighted by molar-refractivity contribution is 5.95. The number of allylic oxidation sites excluding steroid dienone is 2. The summed E-state index contributed by atoms with van der Waals surface area (Å²) in [7, 11) is 0. The lowest BCUT2D eigenvalue weighted by molar-refractivity contribution is -0.138. The van der Waals surface area contributed by atoms with Gasteiger partial charge in [-0.2, -0.15) is 0 Å². The van der Waals surface area contributed by atoms with Crippen LogP contribution in [0.25, 0.3) is 11.1 Å². The van der Waals surface area contributed by atoms with Crippen LogP contribution in [0.3, 0.4) is 0 Å². The topological polar surface area (TPSA) is 37.3 Å². The number of carboxylic acid groups (broad SMARTS) is 1. The van der Waals surface area contributed by atoms with Crippen molar-refractivity contribution in [3.63, 3.8) is 0 Å². The fraction of sp³-hybridized carbons (Fsp3) is 0.318. The summed E-state index contributed by atoms with van der Waals surface area (Å²) in [4.78, 5) is 11.2. The van der Waals surface area contributed by atoms with E-state index in [-0.39, 0.29) is 12.3 Å². The first-order valence-corrected chi connectivity index (χ1v) is 8.77. The highest BCUT2D eigenvalue weighted by Gasteiger charge is 2.30. The second-order valence-corrected chi connectivity index (χ2v) is 7.06. The molecule has 122 valence electrons. The van der Waals surface area contributed by atoms with Gasteiger partial charge < -0.3 is 5.11 Å². The zero-order chi connectivity index (χ0) is 16.7. The zero-order valence-electron chi connectivity index (χ0n) is 14.0. The molecule has 4 rings (SSSR count). The second-order valence-electron chi connectivity index (χ2n) is 7.06. The third-order valence-electron chi connectivity index (χ3n) is 5.63. The van der Waals surface area contributed by atoms with Gasteiger partial charge in [-0.3, -0.25) is 4.79 Å². The molecule has 0 saturated heterocycles. The predicted molar refractivity (Wildman–Crippen MR) is 96.8 cm³/mol. The average Bonchev–Trinajstić information content (AvgIpc) is 2.70. The first-order chi connectivity index (χ1) is 11.6. The van der Waals surface area contributed by atoms with Crippen LogP contribution in [0.15, 0.2) is 48.5 Å². The van der Waals surface area contributed by atoms with Gasteiger partial charge in [0.15, 0.2) is 0 Å². The molecule has 2 aliphatic carbocycles. The van der Waals surface area contributed by atoms with Gasteiger partial charge in [0.2, 0.25) is 0 Å². The van der Waals surface area contributed by atoms with Gasteiger partial charge in [-0.05, 0) is 58.6 Å². The predicted octanol–water partition coefficient (Wildman–Crippen LogP) is 5.34. The van der Waals surface area contributed by atoms with Crippen molar-refractivity contribution in [1.29, 1.82) is 0 Å². The Morgan fingerprint density at radius 1 is 1.00 bits per heavy atom. The van der Waals surface area contributed by atoms with Crippen LogP contribution < -0.4 is 0 Å². The molecule has 0 heterocycles. The molecule has 0 radical (unpaired) electrons. The number of fused-ring (bicyclic) bond motifs is 4. The van der Waals surface area contributed by atoms with Crippen LogP contribution in [-0.4, -0.2) is 11.1 Å². The minimum atomic E-state index is -0.681. The van der Waals surface area contributed by atoms with Crippen LogP contribution in [0, 0.1) is 5.92 Å². The van der Waals surface area contributed by atoms with E-state index in [1.165, 1.54) is 33.4 Å². The number of aliphatic carboxylic acids is 1. The van der Waals surface area contributed by atoms with Crippen molar-refractivity contribution in [2.75, 3.05) is 0 Å². The third-order valence-corrected chi connectivity index (χ3v) is 5.63. The van der Waals surface area contributed by atoms with Crippen molar-refractivity contribution in [3.8, 4) is 0 Å². The monoisotopic (exact) mass is 318 g/mol. The largest absolute Gasteiger partial charge is 0.481 e. The van der Waals surface area contributed by atoms with E-state index in [1.54, 1.807) is 0 Å². The highest BCUT2D eigenvalue weighted by atomic mass is 16.4. The van der Waals surface area contributed by atoms with E-state index >= 15 is 0 Å². The van der Waals surface area contributed by atoms with Crippen molar-refractivity contribution >= 4 is 17.1 Å². The summed E-state index contributed by atoms with van der Waals surface area (Å²) in [5.74, 6) is -0.0736. The first kappa shape index (κ1) is 15.2. The fourth-order valence-corrected chi connectivity index (χ4v) is 4.47. The lowest BCUT2D eigenvalue weighted by Crippen LogP contribution is -2.14. The molecule has 2 atom stereocenters. The van der Waals surface area contributed by atoms with Crippen LogP contribution in [0.5, 0.6) is 0 Å². The van der Waals surface area contributed by atoms with Gasteiger partial charge in [-0.25, -0.2) is 0 Å². The maximum absolute atomic E-state index is 11.2. The molecule has 0 amide bonds. The molecule has 2 aromatic rings. The Labute approximate surface area is 142 Å². The lowest BCUT2D eigenvalue weighted by Gasteiger charge is -2.27. The Morgan fingerprint density at radius 3 is 2.21 bits per heavy atom.